The maximum absolute atomic E-state index is 14.2. The molecule has 2 aliphatic rings. The first-order valence-corrected chi connectivity index (χ1v) is 7.75. The van der Waals surface area contributed by atoms with E-state index in [-0.39, 0.29) is 28.5 Å². The minimum Gasteiger partial charge on any atom is -0.462 e. The number of amidine groups is 1. The quantitative estimate of drug-likeness (QED) is 0.520. The van der Waals surface area contributed by atoms with Crippen LogP contribution in [-0.4, -0.2) is 30.0 Å². The van der Waals surface area contributed by atoms with Crippen LogP contribution < -0.4 is 5.73 Å². The Morgan fingerprint density at radius 3 is 2.95 bits per heavy atom. The molecule has 0 saturated heterocycles. The third-order valence-corrected chi connectivity index (χ3v) is 4.86. The fourth-order valence-corrected chi connectivity index (χ4v) is 3.65. The molecule has 0 aromatic heterocycles. The zero-order chi connectivity index (χ0) is 16.1. The number of alkyl halides is 1. The highest BCUT2D eigenvalue weighted by molar-refractivity contribution is 7.98. The number of thioether (sulfide) groups is 1. The summed E-state index contributed by atoms with van der Waals surface area (Å²) in [5.41, 5.74) is 3.90. The summed E-state index contributed by atoms with van der Waals surface area (Å²) in [6.45, 7) is -0.924. The molecule has 9 heteroatoms. The monoisotopic (exact) mass is 329 g/mol. The van der Waals surface area contributed by atoms with Crippen molar-refractivity contribution in [2.45, 2.75) is 23.0 Å². The molecule has 1 saturated carbocycles. The fourth-order valence-electron chi connectivity index (χ4n) is 2.94. The normalized spacial score (nSPS) is 29.3. The zero-order valence-corrected chi connectivity index (χ0v) is 12.4. The number of aliphatic imine (C=N–C) groups is 1. The topological polar surface area (TPSA) is 90.8 Å². The smallest absolute Gasteiger partial charge is 0.283 e. The first-order valence-electron chi connectivity index (χ1n) is 6.53. The number of benzene rings is 1. The molecule has 0 bridgehead atoms. The lowest BCUT2D eigenvalue weighted by atomic mass is 9.85. The van der Waals surface area contributed by atoms with Gasteiger partial charge < -0.3 is 10.5 Å². The Hall–Kier alpha value is -1.90. The number of ether oxygens (including phenoxy) is 1. The van der Waals surface area contributed by atoms with E-state index in [4.69, 9.17) is 10.5 Å². The van der Waals surface area contributed by atoms with Crippen LogP contribution in [0.1, 0.15) is 12.0 Å². The van der Waals surface area contributed by atoms with Crippen molar-refractivity contribution in [1.29, 1.82) is 0 Å². The lowest BCUT2D eigenvalue weighted by Crippen LogP contribution is -2.39. The van der Waals surface area contributed by atoms with Crippen molar-refractivity contribution in [3.8, 4) is 0 Å². The van der Waals surface area contributed by atoms with Crippen LogP contribution in [0, 0.1) is 21.8 Å². The van der Waals surface area contributed by atoms with Crippen LogP contribution in [0.4, 0.5) is 14.5 Å². The van der Waals surface area contributed by atoms with Crippen LogP contribution in [-0.2, 0) is 10.3 Å². The summed E-state index contributed by atoms with van der Waals surface area (Å²) in [5.74, 6) is -1.06. The summed E-state index contributed by atoms with van der Waals surface area (Å²) in [6, 6.07) is 1.85. The third-order valence-electron chi connectivity index (χ3n) is 4.04. The van der Waals surface area contributed by atoms with E-state index in [2.05, 4.69) is 4.99 Å². The van der Waals surface area contributed by atoms with Gasteiger partial charge >= 0.3 is 0 Å². The van der Waals surface area contributed by atoms with E-state index in [1.807, 2.05) is 0 Å². The SMILES string of the molecule is CSc1c(F)cc([N+](=O)[O-])cc1[C@@]1(CF)N=C(N)OC2C[C@@H]21. The number of non-ortho nitro benzene ring substituents is 1. The molecule has 1 aromatic carbocycles. The largest absolute Gasteiger partial charge is 0.462 e. The molecule has 1 aromatic rings. The Labute approximate surface area is 128 Å². The predicted octanol–water partition coefficient (Wildman–Crippen LogP) is 2.35. The number of hydrogen-bond acceptors (Lipinski definition) is 6. The highest BCUT2D eigenvalue weighted by Gasteiger charge is 2.60. The molecule has 1 aliphatic carbocycles. The number of nitro groups is 1. The number of nitro benzene ring substituents is 1. The van der Waals surface area contributed by atoms with Gasteiger partial charge in [-0.25, -0.2) is 13.8 Å². The number of halogens is 2. The van der Waals surface area contributed by atoms with Crippen LogP contribution in [0.2, 0.25) is 0 Å². The molecule has 1 heterocycles. The van der Waals surface area contributed by atoms with Crippen molar-refractivity contribution in [1.82, 2.24) is 0 Å². The van der Waals surface area contributed by atoms with E-state index in [9.17, 15) is 18.9 Å². The van der Waals surface area contributed by atoms with Crippen molar-refractivity contribution in [3.63, 3.8) is 0 Å². The van der Waals surface area contributed by atoms with Crippen molar-refractivity contribution >= 4 is 23.5 Å². The molecular formula is C13H13F2N3O3S. The fraction of sp³-hybridized carbons (Fsp3) is 0.462. The maximum atomic E-state index is 14.2. The van der Waals surface area contributed by atoms with E-state index in [1.165, 1.54) is 6.07 Å². The zero-order valence-electron chi connectivity index (χ0n) is 11.6. The molecule has 118 valence electrons. The molecule has 0 amide bonds. The van der Waals surface area contributed by atoms with Gasteiger partial charge in [-0.1, -0.05) is 0 Å². The molecule has 3 atom stereocenters. The summed E-state index contributed by atoms with van der Waals surface area (Å²) in [5, 5.41) is 11.0. The lowest BCUT2D eigenvalue weighted by Gasteiger charge is -2.32. The van der Waals surface area contributed by atoms with Gasteiger partial charge in [0.25, 0.3) is 11.7 Å². The van der Waals surface area contributed by atoms with Gasteiger partial charge in [-0.05, 0) is 12.7 Å². The van der Waals surface area contributed by atoms with Gasteiger partial charge in [-0.3, -0.25) is 10.1 Å². The van der Waals surface area contributed by atoms with Crippen LogP contribution >= 0.6 is 11.8 Å². The molecule has 1 aliphatic heterocycles. The minimum absolute atomic E-state index is 0.146. The molecular weight excluding hydrogens is 316 g/mol. The minimum atomic E-state index is -1.42. The summed E-state index contributed by atoms with van der Waals surface area (Å²) in [6.07, 6.45) is 1.88. The van der Waals surface area contributed by atoms with Gasteiger partial charge in [-0.2, -0.15) is 0 Å². The predicted molar refractivity (Wildman–Crippen MR) is 77.1 cm³/mol. The Morgan fingerprint density at radius 1 is 1.64 bits per heavy atom. The number of rotatable bonds is 4. The van der Waals surface area contributed by atoms with E-state index in [1.54, 1.807) is 6.26 Å². The molecule has 0 spiro atoms. The average molecular weight is 329 g/mol. The Bertz CT molecular complexity index is 685. The van der Waals surface area contributed by atoms with Crippen LogP contribution in [0.3, 0.4) is 0 Å². The van der Waals surface area contributed by atoms with Crippen molar-refractivity contribution in [3.05, 3.63) is 33.6 Å². The molecule has 22 heavy (non-hydrogen) atoms. The highest BCUT2D eigenvalue weighted by Crippen LogP contribution is 2.55. The second-order valence-electron chi connectivity index (χ2n) is 5.27. The van der Waals surface area contributed by atoms with Crippen LogP contribution in [0.15, 0.2) is 22.0 Å². The molecule has 1 unspecified atom stereocenters. The third kappa shape index (κ3) is 2.11. The maximum Gasteiger partial charge on any atom is 0.283 e. The first kappa shape index (κ1) is 15.0. The number of hydrogen-bond donors (Lipinski definition) is 1. The molecule has 6 nitrogen and oxygen atoms in total. The van der Waals surface area contributed by atoms with Gasteiger partial charge in [0.1, 0.15) is 24.1 Å². The van der Waals surface area contributed by atoms with E-state index < -0.39 is 28.6 Å². The summed E-state index contributed by atoms with van der Waals surface area (Å²) in [7, 11) is 0. The Morgan fingerprint density at radius 2 is 2.36 bits per heavy atom. The Kier molecular flexibility index (Phi) is 3.47. The van der Waals surface area contributed by atoms with Gasteiger partial charge in [0.05, 0.1) is 11.0 Å². The molecule has 1 fully saturated rings. The van der Waals surface area contributed by atoms with E-state index >= 15 is 0 Å². The van der Waals surface area contributed by atoms with Gasteiger partial charge in [0.2, 0.25) is 0 Å². The summed E-state index contributed by atoms with van der Waals surface area (Å²) >= 11 is 1.06. The number of nitrogens with zero attached hydrogens (tertiary/aromatic N) is 2. The lowest BCUT2D eigenvalue weighted by molar-refractivity contribution is -0.385. The Balaban J connectivity index is 2.24. The highest BCUT2D eigenvalue weighted by atomic mass is 32.2. The van der Waals surface area contributed by atoms with Crippen LogP contribution in [0.5, 0.6) is 0 Å². The van der Waals surface area contributed by atoms with Gasteiger partial charge in [0, 0.05) is 22.4 Å². The second kappa shape index (κ2) is 5.08. The number of nitrogens with two attached hydrogens (primary N) is 1. The molecule has 3 rings (SSSR count). The van der Waals surface area contributed by atoms with Crippen LogP contribution in [0.25, 0.3) is 0 Å². The molecule has 0 radical (unpaired) electrons. The van der Waals surface area contributed by atoms with Crippen molar-refractivity contribution < 1.29 is 18.4 Å². The standard InChI is InChI=1S/C13H13F2N3O3S/c1-22-11-8(2-6(18(19)20)3-9(11)15)13(5-14)7-4-10(7)21-12(16)17-13/h2-3,7,10H,4-5H2,1H3,(H2,16,17)/t7-,10?,13-/m0/s1. The average Bonchev–Trinajstić information content (AvgIpc) is 3.24. The van der Waals surface area contributed by atoms with Crippen molar-refractivity contribution in [2.75, 3.05) is 12.9 Å². The number of fused-ring (bicyclic) bond motifs is 1. The second-order valence-corrected chi connectivity index (χ2v) is 6.09. The van der Waals surface area contributed by atoms with E-state index in [0.717, 1.165) is 17.8 Å². The summed E-state index contributed by atoms with van der Waals surface area (Å²) < 4.78 is 33.4. The molecule has 2 N–H and O–H groups in total. The summed E-state index contributed by atoms with van der Waals surface area (Å²) in [4.78, 5) is 14.5. The first-order chi connectivity index (χ1) is 10.4. The van der Waals surface area contributed by atoms with Crippen molar-refractivity contribution in [2.24, 2.45) is 16.6 Å². The van der Waals surface area contributed by atoms with Gasteiger partial charge in [0.15, 0.2) is 0 Å². The van der Waals surface area contributed by atoms with Gasteiger partial charge in [-0.15, -0.1) is 11.8 Å². The van der Waals surface area contributed by atoms with E-state index in [0.29, 0.717) is 6.42 Å².